The standard InChI is InChI=1S/C13H22N2O2/c1-8-4-5-11(9(2)6-8)15-10(3)13(17)14-7-12(15)16/h8-11H,4-7H2,1-3H3,(H,14,17). The van der Waals surface area contributed by atoms with E-state index in [-0.39, 0.29) is 30.4 Å². The van der Waals surface area contributed by atoms with E-state index in [1.807, 2.05) is 11.8 Å². The fourth-order valence-corrected chi connectivity index (χ4v) is 3.28. The summed E-state index contributed by atoms with van der Waals surface area (Å²) in [5.41, 5.74) is 0. The Morgan fingerprint density at radius 3 is 2.53 bits per heavy atom. The number of nitrogens with zero attached hydrogens (tertiary/aromatic N) is 1. The lowest BCUT2D eigenvalue weighted by Gasteiger charge is -2.44. The van der Waals surface area contributed by atoms with Crippen LogP contribution in [0.1, 0.15) is 40.0 Å². The predicted molar refractivity (Wildman–Crippen MR) is 65.3 cm³/mol. The quantitative estimate of drug-likeness (QED) is 0.745. The molecule has 2 aliphatic rings. The van der Waals surface area contributed by atoms with Gasteiger partial charge >= 0.3 is 0 Å². The Hall–Kier alpha value is -1.06. The molecule has 0 aromatic rings. The van der Waals surface area contributed by atoms with Crippen LogP contribution < -0.4 is 5.32 Å². The fraction of sp³-hybridized carbons (Fsp3) is 0.846. The molecule has 1 saturated carbocycles. The molecule has 0 radical (unpaired) electrons. The summed E-state index contributed by atoms with van der Waals surface area (Å²) in [4.78, 5) is 25.5. The van der Waals surface area contributed by atoms with Crippen molar-refractivity contribution in [3.8, 4) is 0 Å². The Kier molecular flexibility index (Phi) is 3.40. The lowest BCUT2D eigenvalue weighted by Crippen LogP contribution is -2.62. The highest BCUT2D eigenvalue weighted by molar-refractivity contribution is 5.94. The van der Waals surface area contributed by atoms with Gasteiger partial charge in [-0.2, -0.15) is 0 Å². The van der Waals surface area contributed by atoms with Crippen LogP contribution in [0.2, 0.25) is 0 Å². The van der Waals surface area contributed by atoms with Gasteiger partial charge in [-0.1, -0.05) is 13.8 Å². The molecular formula is C13H22N2O2. The Balaban J connectivity index is 2.14. The second kappa shape index (κ2) is 4.67. The molecule has 17 heavy (non-hydrogen) atoms. The molecule has 0 aromatic carbocycles. The molecule has 1 saturated heterocycles. The number of hydrogen-bond donors (Lipinski definition) is 1. The number of carbonyl (C=O) groups excluding carboxylic acids is 2. The van der Waals surface area contributed by atoms with E-state index in [1.54, 1.807) is 0 Å². The van der Waals surface area contributed by atoms with Gasteiger partial charge in [-0.25, -0.2) is 0 Å². The van der Waals surface area contributed by atoms with Gasteiger partial charge < -0.3 is 10.2 Å². The third kappa shape index (κ3) is 2.31. The van der Waals surface area contributed by atoms with Crippen LogP contribution >= 0.6 is 0 Å². The summed E-state index contributed by atoms with van der Waals surface area (Å²) >= 11 is 0. The summed E-state index contributed by atoms with van der Waals surface area (Å²) in [6.07, 6.45) is 3.35. The van der Waals surface area contributed by atoms with Crippen molar-refractivity contribution < 1.29 is 9.59 Å². The first-order valence-electron chi connectivity index (χ1n) is 6.59. The summed E-state index contributed by atoms with van der Waals surface area (Å²) < 4.78 is 0. The molecule has 0 aromatic heterocycles. The molecule has 2 fully saturated rings. The lowest BCUT2D eigenvalue weighted by molar-refractivity contribution is -0.149. The van der Waals surface area contributed by atoms with Crippen molar-refractivity contribution >= 4 is 11.8 Å². The highest BCUT2D eigenvalue weighted by Gasteiger charge is 2.39. The minimum atomic E-state index is -0.308. The number of piperazine rings is 1. The molecular weight excluding hydrogens is 216 g/mol. The van der Waals surface area contributed by atoms with E-state index in [1.165, 1.54) is 0 Å². The van der Waals surface area contributed by atoms with Gasteiger partial charge in [0, 0.05) is 6.04 Å². The lowest BCUT2D eigenvalue weighted by atomic mass is 9.78. The zero-order valence-electron chi connectivity index (χ0n) is 10.9. The van der Waals surface area contributed by atoms with Crippen molar-refractivity contribution in [2.75, 3.05) is 6.54 Å². The Morgan fingerprint density at radius 1 is 1.18 bits per heavy atom. The highest BCUT2D eigenvalue weighted by Crippen LogP contribution is 2.33. The number of carbonyl (C=O) groups is 2. The normalized spacial score (nSPS) is 39.1. The second-order valence-corrected chi connectivity index (χ2v) is 5.66. The SMILES string of the molecule is CC1CCC(N2C(=O)CNC(=O)C2C)C(C)C1. The van der Waals surface area contributed by atoms with E-state index in [4.69, 9.17) is 0 Å². The number of nitrogens with one attached hydrogen (secondary N) is 1. The first-order valence-corrected chi connectivity index (χ1v) is 6.59. The Morgan fingerprint density at radius 2 is 1.88 bits per heavy atom. The molecule has 2 rings (SSSR count). The van der Waals surface area contributed by atoms with E-state index in [0.717, 1.165) is 25.2 Å². The topological polar surface area (TPSA) is 49.4 Å². The van der Waals surface area contributed by atoms with Gasteiger partial charge in [0.2, 0.25) is 11.8 Å². The number of hydrogen-bond acceptors (Lipinski definition) is 2. The largest absolute Gasteiger partial charge is 0.345 e. The molecule has 4 nitrogen and oxygen atoms in total. The molecule has 0 spiro atoms. The average Bonchev–Trinajstić information content (AvgIpc) is 2.27. The first-order chi connectivity index (χ1) is 8.00. The fourth-order valence-electron chi connectivity index (χ4n) is 3.28. The van der Waals surface area contributed by atoms with Crippen molar-refractivity contribution in [2.24, 2.45) is 11.8 Å². The first kappa shape index (κ1) is 12.4. The second-order valence-electron chi connectivity index (χ2n) is 5.66. The van der Waals surface area contributed by atoms with E-state index in [9.17, 15) is 9.59 Å². The molecule has 4 unspecified atom stereocenters. The van der Waals surface area contributed by atoms with Crippen molar-refractivity contribution in [2.45, 2.75) is 52.1 Å². The van der Waals surface area contributed by atoms with Crippen LogP contribution in [0.15, 0.2) is 0 Å². The third-order valence-corrected chi connectivity index (χ3v) is 4.24. The molecule has 4 atom stereocenters. The van der Waals surface area contributed by atoms with Gasteiger partial charge in [0.15, 0.2) is 0 Å². The molecule has 1 aliphatic carbocycles. The van der Waals surface area contributed by atoms with Crippen molar-refractivity contribution in [1.82, 2.24) is 10.2 Å². The molecule has 2 amide bonds. The third-order valence-electron chi connectivity index (χ3n) is 4.24. The minimum Gasteiger partial charge on any atom is -0.345 e. The maximum absolute atomic E-state index is 12.0. The van der Waals surface area contributed by atoms with Crippen molar-refractivity contribution in [3.05, 3.63) is 0 Å². The van der Waals surface area contributed by atoms with Crippen molar-refractivity contribution in [3.63, 3.8) is 0 Å². The van der Waals surface area contributed by atoms with Crippen LogP contribution in [-0.2, 0) is 9.59 Å². The molecule has 96 valence electrons. The summed E-state index contributed by atoms with van der Waals surface area (Å²) in [7, 11) is 0. The van der Waals surface area contributed by atoms with E-state index in [2.05, 4.69) is 19.2 Å². The van der Waals surface area contributed by atoms with E-state index < -0.39 is 0 Å². The van der Waals surface area contributed by atoms with Crippen LogP contribution in [0, 0.1) is 11.8 Å². The van der Waals surface area contributed by atoms with Gasteiger partial charge in [-0.05, 0) is 38.0 Å². The van der Waals surface area contributed by atoms with Gasteiger partial charge in [-0.3, -0.25) is 9.59 Å². The maximum atomic E-state index is 12.0. The van der Waals surface area contributed by atoms with Crippen LogP contribution in [0.3, 0.4) is 0 Å². The summed E-state index contributed by atoms with van der Waals surface area (Å²) in [6.45, 7) is 6.47. The molecule has 0 bridgehead atoms. The highest BCUT2D eigenvalue weighted by atomic mass is 16.2. The average molecular weight is 238 g/mol. The zero-order chi connectivity index (χ0) is 12.6. The summed E-state index contributed by atoms with van der Waals surface area (Å²) in [6, 6.07) is -0.0585. The van der Waals surface area contributed by atoms with E-state index >= 15 is 0 Å². The molecule has 4 heteroatoms. The monoisotopic (exact) mass is 238 g/mol. The minimum absolute atomic E-state index is 0.0181. The molecule has 1 heterocycles. The smallest absolute Gasteiger partial charge is 0.242 e. The van der Waals surface area contributed by atoms with Crippen LogP contribution in [0.5, 0.6) is 0 Å². The zero-order valence-corrected chi connectivity index (χ0v) is 10.9. The van der Waals surface area contributed by atoms with Gasteiger partial charge in [0.25, 0.3) is 0 Å². The number of amides is 2. The van der Waals surface area contributed by atoms with Gasteiger partial charge in [-0.15, -0.1) is 0 Å². The predicted octanol–water partition coefficient (Wildman–Crippen LogP) is 1.16. The molecule has 1 N–H and O–H groups in total. The van der Waals surface area contributed by atoms with Gasteiger partial charge in [0.05, 0.1) is 6.54 Å². The van der Waals surface area contributed by atoms with Crippen molar-refractivity contribution in [1.29, 1.82) is 0 Å². The molecule has 1 aliphatic heterocycles. The van der Waals surface area contributed by atoms with Crippen LogP contribution in [-0.4, -0.2) is 35.3 Å². The Labute approximate surface area is 103 Å². The van der Waals surface area contributed by atoms with Crippen LogP contribution in [0.25, 0.3) is 0 Å². The summed E-state index contributed by atoms with van der Waals surface area (Å²) in [5, 5.41) is 2.64. The Bertz CT molecular complexity index is 329. The maximum Gasteiger partial charge on any atom is 0.242 e. The van der Waals surface area contributed by atoms with E-state index in [0.29, 0.717) is 5.92 Å². The summed E-state index contributed by atoms with van der Waals surface area (Å²) in [5.74, 6) is 1.29. The van der Waals surface area contributed by atoms with Crippen LogP contribution in [0.4, 0.5) is 0 Å². The van der Waals surface area contributed by atoms with Gasteiger partial charge in [0.1, 0.15) is 6.04 Å². The number of rotatable bonds is 1.